The minimum Gasteiger partial charge on any atom is -0.480 e. The van der Waals surface area contributed by atoms with E-state index in [9.17, 15) is 19.8 Å². The lowest BCUT2D eigenvalue weighted by Crippen LogP contribution is -2.59. The van der Waals surface area contributed by atoms with Crippen molar-refractivity contribution < 1.29 is 19.8 Å². The van der Waals surface area contributed by atoms with E-state index in [1.165, 1.54) is 4.90 Å². The second kappa shape index (κ2) is 9.12. The van der Waals surface area contributed by atoms with Crippen molar-refractivity contribution in [3.05, 3.63) is 71.8 Å². The van der Waals surface area contributed by atoms with Gasteiger partial charge >= 0.3 is 11.9 Å². The summed E-state index contributed by atoms with van der Waals surface area (Å²) in [5, 5.41) is 18.6. The fraction of sp³-hybridized carbons (Fsp3) is 0.300. The zero-order valence-corrected chi connectivity index (χ0v) is 14.5. The molecule has 0 fully saturated rings. The van der Waals surface area contributed by atoms with E-state index in [1.807, 2.05) is 60.7 Å². The van der Waals surface area contributed by atoms with E-state index in [0.29, 0.717) is 12.8 Å². The predicted octanol–water partition coefficient (Wildman–Crippen LogP) is 1.64. The molecule has 2 aromatic carbocycles. The van der Waals surface area contributed by atoms with E-state index < -0.39 is 17.5 Å². The highest BCUT2D eigenvalue weighted by Crippen LogP contribution is 2.25. The summed E-state index contributed by atoms with van der Waals surface area (Å²) in [5.74, 6) is -2.16. The third kappa shape index (κ3) is 5.40. The van der Waals surface area contributed by atoms with Gasteiger partial charge in [-0.3, -0.25) is 14.5 Å². The Morgan fingerprint density at radius 3 is 1.50 bits per heavy atom. The summed E-state index contributed by atoms with van der Waals surface area (Å²) in [6, 6.07) is 19.2. The van der Waals surface area contributed by atoms with Crippen LogP contribution in [0.3, 0.4) is 0 Å². The summed E-state index contributed by atoms with van der Waals surface area (Å²) >= 11 is 0. The van der Waals surface area contributed by atoms with Crippen LogP contribution in [0.2, 0.25) is 0 Å². The molecule has 0 saturated heterocycles. The van der Waals surface area contributed by atoms with Crippen molar-refractivity contribution >= 4 is 11.9 Å². The molecule has 0 unspecified atom stereocenters. The molecule has 26 heavy (non-hydrogen) atoms. The van der Waals surface area contributed by atoms with E-state index in [0.717, 1.165) is 11.1 Å². The number of aliphatic carboxylic acids is 2. The minimum atomic E-state index is -1.08. The molecule has 6 nitrogen and oxygen atoms in total. The quantitative estimate of drug-likeness (QED) is 0.598. The monoisotopic (exact) mass is 356 g/mol. The van der Waals surface area contributed by atoms with Crippen LogP contribution in [0, 0.1) is 0 Å². The largest absolute Gasteiger partial charge is 0.480 e. The van der Waals surface area contributed by atoms with Crippen molar-refractivity contribution in [1.82, 2.24) is 4.90 Å². The number of benzene rings is 2. The lowest BCUT2D eigenvalue weighted by Gasteiger charge is -2.42. The number of carboxylic acid groups (broad SMARTS) is 2. The van der Waals surface area contributed by atoms with Gasteiger partial charge in [-0.05, 0) is 24.0 Å². The van der Waals surface area contributed by atoms with Crippen LogP contribution in [-0.2, 0) is 22.4 Å². The summed E-state index contributed by atoms with van der Waals surface area (Å²) in [6.07, 6.45) is 0.916. The van der Waals surface area contributed by atoms with E-state index in [2.05, 4.69) is 0 Å². The molecule has 0 atom stereocenters. The Balaban J connectivity index is 2.44. The van der Waals surface area contributed by atoms with Crippen molar-refractivity contribution in [2.75, 3.05) is 19.6 Å². The fourth-order valence-corrected chi connectivity index (χ4v) is 3.23. The number of nitrogens with two attached hydrogens (primary N) is 1. The first-order valence-electron chi connectivity index (χ1n) is 8.42. The second-order valence-electron chi connectivity index (χ2n) is 6.40. The van der Waals surface area contributed by atoms with Gasteiger partial charge in [0.1, 0.15) is 0 Å². The predicted molar refractivity (Wildman–Crippen MR) is 98.9 cm³/mol. The molecule has 0 aliphatic rings. The van der Waals surface area contributed by atoms with Crippen molar-refractivity contribution in [2.45, 2.75) is 18.4 Å². The summed E-state index contributed by atoms with van der Waals surface area (Å²) < 4.78 is 0. The first-order chi connectivity index (χ1) is 12.4. The van der Waals surface area contributed by atoms with Gasteiger partial charge in [-0.1, -0.05) is 60.7 Å². The third-order valence-electron chi connectivity index (χ3n) is 4.46. The van der Waals surface area contributed by atoms with Gasteiger partial charge in [-0.15, -0.1) is 0 Å². The number of nitrogens with zero attached hydrogens (tertiary/aromatic N) is 1. The zero-order valence-electron chi connectivity index (χ0n) is 14.5. The van der Waals surface area contributed by atoms with Gasteiger partial charge in [-0.2, -0.15) is 0 Å². The highest BCUT2D eigenvalue weighted by atomic mass is 16.4. The van der Waals surface area contributed by atoms with Crippen LogP contribution in [0.4, 0.5) is 0 Å². The average Bonchev–Trinajstić information content (AvgIpc) is 2.61. The fourth-order valence-electron chi connectivity index (χ4n) is 3.23. The van der Waals surface area contributed by atoms with Crippen LogP contribution in [0.25, 0.3) is 0 Å². The lowest BCUT2D eigenvalue weighted by molar-refractivity contribution is -0.144. The molecule has 0 amide bonds. The van der Waals surface area contributed by atoms with Crippen molar-refractivity contribution in [3.63, 3.8) is 0 Å². The highest BCUT2D eigenvalue weighted by Gasteiger charge is 2.38. The van der Waals surface area contributed by atoms with Crippen LogP contribution in [0.15, 0.2) is 60.7 Å². The number of carboxylic acids is 2. The zero-order chi connectivity index (χ0) is 19.0. The van der Waals surface area contributed by atoms with Crippen LogP contribution < -0.4 is 5.73 Å². The molecule has 0 aliphatic heterocycles. The molecular weight excluding hydrogens is 332 g/mol. The van der Waals surface area contributed by atoms with Crippen molar-refractivity contribution in [1.29, 1.82) is 0 Å². The van der Waals surface area contributed by atoms with Crippen molar-refractivity contribution in [3.8, 4) is 0 Å². The van der Waals surface area contributed by atoms with Gasteiger partial charge in [0, 0.05) is 12.1 Å². The SMILES string of the molecule is NCC(Cc1ccccc1)(Cc1ccccc1)N(CC(=O)O)CC(=O)O. The van der Waals surface area contributed by atoms with Crippen LogP contribution in [0.1, 0.15) is 11.1 Å². The number of hydrogen-bond acceptors (Lipinski definition) is 4. The summed E-state index contributed by atoms with van der Waals surface area (Å²) in [4.78, 5) is 24.2. The first kappa shape index (κ1) is 19.6. The number of rotatable bonds is 10. The number of hydrogen-bond donors (Lipinski definition) is 3. The lowest BCUT2D eigenvalue weighted by atomic mass is 9.82. The molecule has 0 saturated carbocycles. The average molecular weight is 356 g/mol. The maximum absolute atomic E-state index is 11.4. The highest BCUT2D eigenvalue weighted by molar-refractivity contribution is 5.73. The molecule has 6 heteroatoms. The Morgan fingerprint density at radius 2 is 1.19 bits per heavy atom. The normalized spacial score (nSPS) is 11.5. The molecule has 0 aliphatic carbocycles. The molecule has 0 aromatic heterocycles. The van der Waals surface area contributed by atoms with E-state index in [4.69, 9.17) is 5.73 Å². The molecular formula is C20H24N2O4. The standard InChI is InChI=1S/C20H24N2O4/c21-15-20(11-16-7-3-1-4-8-16,12-17-9-5-2-6-10-17)22(13-18(23)24)14-19(25)26/h1-10H,11-15,21H2,(H,23,24)(H,25,26). The molecule has 4 N–H and O–H groups in total. The molecule has 0 spiro atoms. The summed E-state index contributed by atoms with van der Waals surface area (Å²) in [7, 11) is 0. The third-order valence-corrected chi connectivity index (χ3v) is 4.46. The molecule has 138 valence electrons. The smallest absolute Gasteiger partial charge is 0.317 e. The molecule has 0 heterocycles. The van der Waals surface area contributed by atoms with Gasteiger partial charge < -0.3 is 15.9 Å². The first-order valence-corrected chi connectivity index (χ1v) is 8.42. The van der Waals surface area contributed by atoms with Gasteiger partial charge in [0.2, 0.25) is 0 Å². The van der Waals surface area contributed by atoms with Crippen LogP contribution in [0.5, 0.6) is 0 Å². The Labute approximate surface area is 152 Å². The Morgan fingerprint density at radius 1 is 0.808 bits per heavy atom. The Bertz CT molecular complexity index is 662. The molecule has 2 rings (SSSR count). The maximum Gasteiger partial charge on any atom is 0.317 e. The van der Waals surface area contributed by atoms with E-state index in [-0.39, 0.29) is 19.6 Å². The van der Waals surface area contributed by atoms with Gasteiger partial charge in [0.05, 0.1) is 13.1 Å². The maximum atomic E-state index is 11.4. The number of carbonyl (C=O) groups is 2. The summed E-state index contributed by atoms with van der Waals surface area (Å²) in [5.41, 5.74) is 7.27. The topological polar surface area (TPSA) is 104 Å². The molecule has 0 radical (unpaired) electrons. The van der Waals surface area contributed by atoms with E-state index in [1.54, 1.807) is 0 Å². The minimum absolute atomic E-state index is 0.136. The molecule has 0 bridgehead atoms. The molecule has 2 aromatic rings. The van der Waals surface area contributed by atoms with Crippen LogP contribution >= 0.6 is 0 Å². The van der Waals surface area contributed by atoms with Gasteiger partial charge in [-0.25, -0.2) is 0 Å². The summed E-state index contributed by atoms with van der Waals surface area (Å²) in [6.45, 7) is -0.635. The van der Waals surface area contributed by atoms with Gasteiger partial charge in [0.25, 0.3) is 0 Å². The Hall–Kier alpha value is -2.70. The van der Waals surface area contributed by atoms with Crippen molar-refractivity contribution in [2.24, 2.45) is 5.73 Å². The van der Waals surface area contributed by atoms with Crippen LogP contribution in [-0.4, -0.2) is 52.2 Å². The second-order valence-corrected chi connectivity index (χ2v) is 6.40. The van der Waals surface area contributed by atoms with E-state index >= 15 is 0 Å². The Kier molecular flexibility index (Phi) is 6.89. The van der Waals surface area contributed by atoms with Gasteiger partial charge in [0.15, 0.2) is 0 Å².